The number of allylic oxidation sites excluding steroid dienone is 1. The normalized spacial score (nSPS) is 17.5. The van der Waals surface area contributed by atoms with Crippen LogP contribution in [0.15, 0.2) is 16.6 Å². The number of amides is 3. The lowest BCUT2D eigenvalue weighted by Crippen LogP contribution is -2.38. The van der Waals surface area contributed by atoms with E-state index in [1.807, 2.05) is 6.92 Å². The van der Waals surface area contributed by atoms with Crippen LogP contribution in [0.2, 0.25) is 0 Å². The minimum Gasteiger partial charge on any atom is -0.364 e. The molecule has 0 spiro atoms. The molecule has 0 aromatic rings. The van der Waals surface area contributed by atoms with E-state index >= 15 is 0 Å². The molecule has 1 aliphatic rings. The van der Waals surface area contributed by atoms with Crippen LogP contribution in [0.4, 0.5) is 4.79 Å². The third-order valence-electron chi connectivity index (χ3n) is 8.21. The first kappa shape index (κ1) is 35.4. The fraction of sp³-hybridized carbons (Fsp3) is 0.848. The van der Waals surface area contributed by atoms with E-state index in [9.17, 15) is 9.59 Å². The molecule has 5 nitrogen and oxygen atoms in total. The minimum absolute atomic E-state index is 0.106. The number of hydrogen-bond donors (Lipinski definition) is 0. The number of urea groups is 1. The smallest absolute Gasteiger partial charge is 0.320 e. The summed E-state index contributed by atoms with van der Waals surface area (Å²) in [5.74, 6) is 0.506. The zero-order valence-electron chi connectivity index (χ0n) is 26.7. The summed E-state index contributed by atoms with van der Waals surface area (Å²) in [5, 5.41) is 0. The summed E-state index contributed by atoms with van der Waals surface area (Å²) in [4.78, 5) is 35.2. The lowest BCUT2D eigenvalue weighted by molar-refractivity contribution is -0.125. The predicted octanol–water partition coefficient (Wildman–Crippen LogP) is 9.15. The Kier molecular flexibility index (Phi) is 20.1. The highest BCUT2D eigenvalue weighted by Crippen LogP contribution is 2.24. The monoisotopic (exact) mass is 543 g/mol. The highest BCUT2D eigenvalue weighted by Gasteiger charge is 2.43. The maximum atomic E-state index is 13.5. The van der Waals surface area contributed by atoms with Crippen molar-refractivity contribution in [2.24, 2.45) is 4.99 Å². The van der Waals surface area contributed by atoms with Crippen LogP contribution in [0.3, 0.4) is 0 Å². The van der Waals surface area contributed by atoms with Gasteiger partial charge in [0.25, 0.3) is 5.91 Å². The molecule has 6 heteroatoms. The number of rotatable bonds is 23. The quantitative estimate of drug-likeness (QED) is 0.0424. The zero-order chi connectivity index (χ0) is 28.9. The predicted molar refractivity (Wildman–Crippen MR) is 171 cm³/mol. The zero-order valence-corrected chi connectivity index (χ0v) is 26.7. The topological polar surface area (TPSA) is 53.0 Å². The van der Waals surface area contributed by atoms with Crippen LogP contribution in [0.1, 0.15) is 169 Å². The van der Waals surface area contributed by atoms with Crippen molar-refractivity contribution in [1.29, 1.82) is 0 Å². The average Bonchev–Trinajstić information content (AvgIpc) is 3.15. The fourth-order valence-electron chi connectivity index (χ4n) is 5.59. The van der Waals surface area contributed by atoms with Crippen molar-refractivity contribution in [1.82, 2.24) is 9.71 Å². The van der Waals surface area contributed by atoms with Gasteiger partial charge in [-0.25, -0.2) is 9.69 Å². The number of aliphatic imine (C=N–C) groups is 1. The molecule has 0 N–H and O–H groups in total. The SMILES string of the molecule is BN1C(=O)N(C(/C=C(/CCCCCC)CCCCCCC)=N/C(CCCC)CCCCCCC)C(=O)[C@H]1CC. The van der Waals surface area contributed by atoms with Gasteiger partial charge in [-0.05, 0) is 51.0 Å². The van der Waals surface area contributed by atoms with Crippen molar-refractivity contribution in [2.45, 2.75) is 182 Å². The molecule has 0 radical (unpaired) electrons. The van der Waals surface area contributed by atoms with Gasteiger partial charge in [-0.15, -0.1) is 0 Å². The van der Waals surface area contributed by atoms with Gasteiger partial charge in [0, 0.05) is 0 Å². The molecule has 1 saturated heterocycles. The molecule has 0 aromatic heterocycles. The number of hydrogen-bond acceptors (Lipinski definition) is 3. The van der Waals surface area contributed by atoms with Crippen LogP contribution in [-0.2, 0) is 4.79 Å². The minimum atomic E-state index is -0.388. The number of carbonyl (C=O) groups is 2. The van der Waals surface area contributed by atoms with Crippen LogP contribution in [0.5, 0.6) is 0 Å². The maximum Gasteiger partial charge on any atom is 0.320 e. The Labute approximate surface area is 243 Å². The first-order valence-corrected chi connectivity index (χ1v) is 16.8. The summed E-state index contributed by atoms with van der Waals surface area (Å²) >= 11 is 0. The summed E-state index contributed by atoms with van der Waals surface area (Å²) in [5.41, 5.74) is 1.36. The van der Waals surface area contributed by atoms with Gasteiger partial charge in [0.2, 0.25) is 7.98 Å². The standard InChI is InChI=1S/C33H62BN3O2/c1-6-11-15-18-21-24-28(23-20-17-13-8-3)27-31(36-32(38)30(10-5)37(34)33(36)39)35-29(25-14-9-4)26-22-19-16-12-7-2/h27,29-30H,6-26,34H2,1-5H3/b28-27-,35-31+/t29?,30-/m1/s1. The second-order valence-corrected chi connectivity index (χ2v) is 11.8. The van der Waals surface area contributed by atoms with Crippen LogP contribution >= 0.6 is 0 Å². The van der Waals surface area contributed by atoms with E-state index in [1.165, 1.54) is 87.5 Å². The van der Waals surface area contributed by atoms with E-state index in [0.29, 0.717) is 12.3 Å². The van der Waals surface area contributed by atoms with Crippen molar-refractivity contribution < 1.29 is 9.59 Å². The fourth-order valence-corrected chi connectivity index (χ4v) is 5.59. The number of unbranched alkanes of at least 4 members (excludes halogenated alkanes) is 12. The Morgan fingerprint density at radius 3 is 1.74 bits per heavy atom. The summed E-state index contributed by atoms with van der Waals surface area (Å²) in [6.07, 6.45) is 26.5. The van der Waals surface area contributed by atoms with Gasteiger partial charge < -0.3 is 4.81 Å². The van der Waals surface area contributed by atoms with Gasteiger partial charge in [-0.3, -0.25) is 9.79 Å². The second kappa shape index (κ2) is 22.1. The van der Waals surface area contributed by atoms with Gasteiger partial charge in [-0.1, -0.05) is 130 Å². The maximum absolute atomic E-state index is 13.5. The van der Waals surface area contributed by atoms with Gasteiger partial charge >= 0.3 is 6.03 Å². The van der Waals surface area contributed by atoms with Crippen LogP contribution in [0, 0.1) is 0 Å². The molecule has 39 heavy (non-hydrogen) atoms. The Morgan fingerprint density at radius 1 is 0.744 bits per heavy atom. The van der Waals surface area contributed by atoms with Crippen LogP contribution in [0.25, 0.3) is 0 Å². The molecule has 1 rings (SSSR count). The van der Waals surface area contributed by atoms with Crippen molar-refractivity contribution in [3.8, 4) is 0 Å². The highest BCUT2D eigenvalue weighted by atomic mass is 16.2. The molecule has 1 aliphatic heterocycles. The van der Waals surface area contributed by atoms with E-state index in [4.69, 9.17) is 4.99 Å². The van der Waals surface area contributed by atoms with Crippen molar-refractivity contribution >= 4 is 25.8 Å². The van der Waals surface area contributed by atoms with Crippen molar-refractivity contribution in [3.05, 3.63) is 11.6 Å². The van der Waals surface area contributed by atoms with Crippen LogP contribution in [-0.4, -0.2) is 47.5 Å². The van der Waals surface area contributed by atoms with Gasteiger partial charge in [0.1, 0.15) is 11.9 Å². The number of amidine groups is 1. The third-order valence-corrected chi connectivity index (χ3v) is 8.21. The molecular formula is C33H62BN3O2. The summed E-state index contributed by atoms with van der Waals surface area (Å²) < 4.78 is 0. The van der Waals surface area contributed by atoms with Crippen molar-refractivity contribution in [3.63, 3.8) is 0 Å². The molecule has 0 saturated carbocycles. The van der Waals surface area contributed by atoms with Gasteiger partial charge in [0.15, 0.2) is 0 Å². The lowest BCUT2D eigenvalue weighted by Gasteiger charge is -2.20. The highest BCUT2D eigenvalue weighted by molar-refractivity contribution is 6.28. The molecule has 0 aromatic carbocycles. The molecule has 2 atom stereocenters. The Morgan fingerprint density at radius 2 is 1.23 bits per heavy atom. The lowest BCUT2D eigenvalue weighted by atomic mass is 9.99. The molecule has 0 aliphatic carbocycles. The molecule has 1 fully saturated rings. The van der Waals surface area contributed by atoms with Gasteiger partial charge in [-0.2, -0.15) is 0 Å². The van der Waals surface area contributed by atoms with E-state index in [2.05, 4.69) is 33.8 Å². The first-order chi connectivity index (χ1) is 18.9. The first-order valence-electron chi connectivity index (χ1n) is 16.8. The molecule has 3 amide bonds. The summed E-state index contributed by atoms with van der Waals surface area (Å²) in [7, 11) is 1.76. The van der Waals surface area contributed by atoms with E-state index in [0.717, 1.165) is 51.4 Å². The number of carbonyl (C=O) groups excluding carboxylic acids is 2. The second-order valence-electron chi connectivity index (χ2n) is 11.8. The third kappa shape index (κ3) is 13.6. The van der Waals surface area contributed by atoms with E-state index in [1.54, 1.807) is 12.8 Å². The molecule has 1 heterocycles. The van der Waals surface area contributed by atoms with Gasteiger partial charge in [0.05, 0.1) is 6.04 Å². The van der Waals surface area contributed by atoms with E-state index < -0.39 is 0 Å². The average molecular weight is 544 g/mol. The number of imide groups is 1. The Bertz CT molecular complexity index is 736. The summed E-state index contributed by atoms with van der Waals surface area (Å²) in [6.45, 7) is 11.0. The van der Waals surface area contributed by atoms with E-state index in [-0.39, 0.29) is 24.0 Å². The molecule has 0 bridgehead atoms. The van der Waals surface area contributed by atoms with Crippen molar-refractivity contribution in [2.75, 3.05) is 0 Å². The number of nitrogens with zero attached hydrogens (tertiary/aromatic N) is 3. The molecular weight excluding hydrogens is 481 g/mol. The largest absolute Gasteiger partial charge is 0.364 e. The molecule has 1 unspecified atom stereocenters. The van der Waals surface area contributed by atoms with Crippen LogP contribution < -0.4 is 0 Å². The Hall–Kier alpha value is -1.59. The summed E-state index contributed by atoms with van der Waals surface area (Å²) in [6, 6.07) is -0.441. The Balaban J connectivity index is 3.32. The molecule has 224 valence electrons.